The molecule has 0 aliphatic rings. The first kappa shape index (κ1) is 29.9. The molecule has 4 N–H and O–H groups in total. The maximum atomic E-state index is 3.60. The first-order valence-corrected chi connectivity index (χ1v) is 3.41. The molecule has 0 aromatic carbocycles. The van der Waals surface area contributed by atoms with Crippen LogP contribution in [0.1, 0.15) is 39.5 Å². The van der Waals surface area contributed by atoms with Crippen molar-refractivity contribution >= 4 is 0 Å². The summed E-state index contributed by atoms with van der Waals surface area (Å²) in [6.07, 6.45) is 4.56. The van der Waals surface area contributed by atoms with Crippen molar-refractivity contribution in [2.75, 3.05) is 0 Å². The molecule has 0 aromatic rings. The van der Waals surface area contributed by atoms with Gasteiger partial charge in [-0.3, -0.25) is 0 Å². The minimum atomic E-state index is 0. The normalized spacial score (nSPS) is 5.45. The van der Waals surface area contributed by atoms with Gasteiger partial charge < -0.3 is 24.8 Å². The molecule has 0 rings (SSSR count). The molecule has 0 fully saturated rings. The van der Waals surface area contributed by atoms with Crippen LogP contribution in [0.5, 0.6) is 0 Å². The van der Waals surface area contributed by atoms with Gasteiger partial charge in [-0.05, 0) is 0 Å². The Hall–Kier alpha value is 0.634. The molecule has 0 saturated heterocycles. The Bertz CT molecular complexity index is 20.1. The predicted molar refractivity (Wildman–Crippen MR) is 47.8 cm³/mol. The van der Waals surface area contributed by atoms with Crippen LogP contribution in [0.3, 0.4) is 0 Å². The van der Waals surface area contributed by atoms with E-state index in [1.807, 2.05) is 0 Å². The Morgan fingerprint density at radius 1 is 0.818 bits per heavy atom. The van der Waals surface area contributed by atoms with Crippen molar-refractivity contribution in [2.24, 2.45) is 0 Å². The molecule has 0 bridgehead atoms. The zero-order chi connectivity index (χ0) is 6.83. The Labute approximate surface area is 86.3 Å². The minimum absolute atomic E-state index is 0. The topological polar surface area (TPSA) is 63.0 Å². The fourth-order valence-corrected chi connectivity index (χ4v) is 0. The van der Waals surface area contributed by atoms with Crippen LogP contribution in [-0.2, 0) is 21.7 Å². The number of hydrogen-bond donors (Lipinski definition) is 0. The van der Waals surface area contributed by atoms with Gasteiger partial charge in [-0.25, -0.2) is 0 Å². The second kappa shape index (κ2) is 46.0. The standard InChI is InChI=1S/2C4H9.2H2O.Ti/c2*1-3-4-2;;;/h2*1,3-4H2,2H3;2*1H2;/q2*-1;;;+2. The van der Waals surface area contributed by atoms with E-state index in [2.05, 4.69) is 27.7 Å². The van der Waals surface area contributed by atoms with Crippen LogP contribution in [-0.4, -0.2) is 11.0 Å². The van der Waals surface area contributed by atoms with Gasteiger partial charge in [-0.1, -0.05) is 26.7 Å². The third-order valence-electron chi connectivity index (χ3n) is 0.707. The summed E-state index contributed by atoms with van der Waals surface area (Å²) in [7, 11) is 0. The maximum absolute atomic E-state index is 3.60. The number of rotatable bonds is 2. The summed E-state index contributed by atoms with van der Waals surface area (Å²) in [5, 5.41) is 0. The molecule has 0 atom stereocenters. The molecular weight excluding hydrogens is 176 g/mol. The fraction of sp³-hybridized carbons (Fsp3) is 0.750. The molecule has 0 aliphatic heterocycles. The Balaban J connectivity index is -0.0000000171. The van der Waals surface area contributed by atoms with Gasteiger partial charge in [0.15, 0.2) is 0 Å². The molecule has 0 unspecified atom stereocenters. The fourth-order valence-electron chi connectivity index (χ4n) is 0. The van der Waals surface area contributed by atoms with Crippen LogP contribution < -0.4 is 0 Å². The van der Waals surface area contributed by atoms with Crippen LogP contribution in [0, 0.1) is 13.8 Å². The van der Waals surface area contributed by atoms with Gasteiger partial charge in [0.05, 0.1) is 0 Å². The van der Waals surface area contributed by atoms with E-state index in [-0.39, 0.29) is 32.7 Å². The Morgan fingerprint density at radius 2 is 0.909 bits per heavy atom. The van der Waals surface area contributed by atoms with E-state index in [1.54, 1.807) is 0 Å². The van der Waals surface area contributed by atoms with E-state index >= 15 is 0 Å². The number of hydrogen-bond acceptors (Lipinski definition) is 0. The third-order valence-corrected chi connectivity index (χ3v) is 0.707. The smallest absolute Gasteiger partial charge is 0.412 e. The van der Waals surface area contributed by atoms with Crippen molar-refractivity contribution in [3.05, 3.63) is 13.8 Å². The van der Waals surface area contributed by atoms with E-state index in [0.717, 1.165) is 12.8 Å². The van der Waals surface area contributed by atoms with E-state index in [9.17, 15) is 0 Å². The van der Waals surface area contributed by atoms with Crippen LogP contribution in [0.25, 0.3) is 0 Å². The van der Waals surface area contributed by atoms with Gasteiger partial charge in [0.2, 0.25) is 0 Å². The monoisotopic (exact) mass is 198 g/mol. The molecule has 11 heavy (non-hydrogen) atoms. The summed E-state index contributed by atoms with van der Waals surface area (Å²) in [4.78, 5) is 0. The summed E-state index contributed by atoms with van der Waals surface area (Å²) in [5.41, 5.74) is 0. The molecular formula is C8H22O2Ti. The van der Waals surface area contributed by atoms with E-state index in [4.69, 9.17) is 0 Å². The van der Waals surface area contributed by atoms with Crippen LogP contribution in [0.2, 0.25) is 0 Å². The summed E-state index contributed by atoms with van der Waals surface area (Å²) in [6, 6.07) is 0. The molecule has 0 saturated carbocycles. The van der Waals surface area contributed by atoms with Crippen molar-refractivity contribution in [1.29, 1.82) is 0 Å². The summed E-state index contributed by atoms with van der Waals surface area (Å²) >= 11 is 0. The molecule has 2 nitrogen and oxygen atoms in total. The van der Waals surface area contributed by atoms with Gasteiger partial charge in [0.1, 0.15) is 0 Å². The largest absolute Gasteiger partial charge is 2.00 e. The van der Waals surface area contributed by atoms with Crippen LogP contribution >= 0.6 is 0 Å². The average Bonchev–Trinajstić information content (AvgIpc) is 1.88. The zero-order valence-corrected chi connectivity index (χ0v) is 9.30. The second-order valence-corrected chi connectivity index (χ2v) is 1.71. The summed E-state index contributed by atoms with van der Waals surface area (Å²) < 4.78 is 0. The van der Waals surface area contributed by atoms with Crippen molar-refractivity contribution in [2.45, 2.75) is 39.5 Å². The van der Waals surface area contributed by atoms with Crippen molar-refractivity contribution in [3.8, 4) is 0 Å². The Morgan fingerprint density at radius 3 is 0.909 bits per heavy atom. The maximum Gasteiger partial charge on any atom is 2.00 e. The van der Waals surface area contributed by atoms with Crippen molar-refractivity contribution < 1.29 is 32.7 Å². The predicted octanol–water partition coefficient (Wildman–Crippen LogP) is 1.59. The second-order valence-electron chi connectivity index (χ2n) is 1.71. The van der Waals surface area contributed by atoms with Crippen LogP contribution in [0.4, 0.5) is 0 Å². The quantitative estimate of drug-likeness (QED) is 0.477. The van der Waals surface area contributed by atoms with Gasteiger partial charge in [-0.2, -0.15) is 12.8 Å². The molecule has 0 heterocycles. The summed E-state index contributed by atoms with van der Waals surface area (Å²) in [6.45, 7) is 11.4. The molecule has 0 amide bonds. The molecule has 3 heteroatoms. The molecule has 0 radical (unpaired) electrons. The molecule has 0 aromatic heterocycles. The van der Waals surface area contributed by atoms with Gasteiger partial charge in [0, 0.05) is 0 Å². The summed E-state index contributed by atoms with van der Waals surface area (Å²) in [5.74, 6) is 0. The molecule has 0 aliphatic carbocycles. The van der Waals surface area contributed by atoms with Crippen molar-refractivity contribution in [3.63, 3.8) is 0 Å². The van der Waals surface area contributed by atoms with Gasteiger partial charge >= 0.3 is 21.7 Å². The SMILES string of the molecule is O.O.[CH2-]CCC.[CH2-]CCC.[Ti+2]. The first-order valence-electron chi connectivity index (χ1n) is 3.41. The zero-order valence-electron chi connectivity index (χ0n) is 7.74. The van der Waals surface area contributed by atoms with Gasteiger partial charge in [0.25, 0.3) is 0 Å². The first-order chi connectivity index (χ1) is 3.83. The van der Waals surface area contributed by atoms with Crippen LogP contribution in [0.15, 0.2) is 0 Å². The van der Waals surface area contributed by atoms with E-state index < -0.39 is 0 Å². The molecule has 0 spiro atoms. The molecule has 70 valence electrons. The van der Waals surface area contributed by atoms with E-state index in [1.165, 1.54) is 12.8 Å². The number of unbranched alkanes of at least 4 members (excludes halogenated alkanes) is 2. The minimum Gasteiger partial charge on any atom is -0.412 e. The van der Waals surface area contributed by atoms with Gasteiger partial charge in [-0.15, -0.1) is 0 Å². The van der Waals surface area contributed by atoms with Crippen molar-refractivity contribution in [1.82, 2.24) is 0 Å². The van der Waals surface area contributed by atoms with E-state index in [0.29, 0.717) is 0 Å². The Kier molecular flexibility index (Phi) is 125. The third kappa shape index (κ3) is 114. The average molecular weight is 198 g/mol.